The zero-order valence-corrected chi connectivity index (χ0v) is 10.2. The van der Waals surface area contributed by atoms with Gasteiger partial charge in [-0.05, 0) is 0 Å². The molecule has 0 aromatic carbocycles. The van der Waals surface area contributed by atoms with Crippen molar-refractivity contribution >= 4 is 21.7 Å². The van der Waals surface area contributed by atoms with Crippen LogP contribution < -0.4 is 0 Å². The fourth-order valence-electron chi connectivity index (χ4n) is 1.04. The number of carbonyl (C=O) groups is 1. The Morgan fingerprint density at radius 1 is 1.57 bits per heavy atom. The summed E-state index contributed by atoms with van der Waals surface area (Å²) in [6.07, 6.45) is 3.06. The molecule has 0 bridgehead atoms. The van der Waals surface area contributed by atoms with Crippen LogP contribution >= 0.6 is 15.9 Å². The molecule has 0 aliphatic rings. The highest BCUT2D eigenvalue weighted by Gasteiger charge is 2.28. The highest BCUT2D eigenvalue weighted by atomic mass is 79.9. The first kappa shape index (κ1) is 11.4. The van der Waals surface area contributed by atoms with Gasteiger partial charge in [-0.1, -0.05) is 36.7 Å². The van der Waals surface area contributed by atoms with Crippen LogP contribution in [0.15, 0.2) is 12.7 Å². The lowest BCUT2D eigenvalue weighted by Crippen LogP contribution is -2.31. The van der Waals surface area contributed by atoms with Gasteiger partial charge in [-0.3, -0.25) is 9.48 Å². The van der Waals surface area contributed by atoms with Crippen molar-refractivity contribution in [1.82, 2.24) is 14.8 Å². The Labute approximate surface area is 91.8 Å². The molecule has 4 nitrogen and oxygen atoms in total. The fourth-order valence-corrected chi connectivity index (χ4v) is 2.03. The molecule has 0 saturated carbocycles. The number of halogens is 1. The molecule has 1 aromatic heterocycles. The number of ketones is 1. The molecule has 0 aliphatic heterocycles. The largest absolute Gasteiger partial charge is 0.298 e. The standard InChI is InChI=1S/C9H14BrN3O/c1-9(2,3)8(14)7(10)4-13-6-11-5-12-13/h5-7H,4H2,1-3H3. The van der Waals surface area contributed by atoms with Crippen molar-refractivity contribution in [3.63, 3.8) is 0 Å². The lowest BCUT2D eigenvalue weighted by atomic mass is 9.89. The quantitative estimate of drug-likeness (QED) is 0.776. The number of hydrogen-bond acceptors (Lipinski definition) is 3. The van der Waals surface area contributed by atoms with Gasteiger partial charge in [0.05, 0.1) is 11.4 Å². The van der Waals surface area contributed by atoms with Gasteiger partial charge in [0.2, 0.25) is 0 Å². The molecule has 1 aromatic rings. The van der Waals surface area contributed by atoms with Gasteiger partial charge in [-0.15, -0.1) is 0 Å². The number of Topliss-reactive ketones (excluding diaryl/α,β-unsaturated/α-hetero) is 1. The minimum atomic E-state index is -0.325. The van der Waals surface area contributed by atoms with Gasteiger partial charge in [0.25, 0.3) is 0 Å². The van der Waals surface area contributed by atoms with E-state index in [-0.39, 0.29) is 16.0 Å². The Morgan fingerprint density at radius 3 is 2.64 bits per heavy atom. The number of aromatic nitrogens is 3. The Morgan fingerprint density at radius 2 is 2.21 bits per heavy atom. The molecular formula is C9H14BrN3O. The topological polar surface area (TPSA) is 47.8 Å². The maximum absolute atomic E-state index is 11.8. The third-order valence-electron chi connectivity index (χ3n) is 1.84. The fraction of sp³-hybridized carbons (Fsp3) is 0.667. The van der Waals surface area contributed by atoms with Crippen LogP contribution in [0, 0.1) is 5.41 Å². The molecule has 78 valence electrons. The van der Waals surface area contributed by atoms with Crippen LogP contribution in [-0.2, 0) is 11.3 Å². The minimum absolute atomic E-state index is 0.174. The van der Waals surface area contributed by atoms with E-state index >= 15 is 0 Å². The van der Waals surface area contributed by atoms with Crippen LogP contribution in [-0.4, -0.2) is 25.4 Å². The van der Waals surface area contributed by atoms with Gasteiger partial charge in [0, 0.05) is 5.41 Å². The zero-order chi connectivity index (χ0) is 10.8. The normalized spacial score (nSPS) is 14.0. The Kier molecular flexibility index (Phi) is 3.42. The van der Waals surface area contributed by atoms with E-state index in [2.05, 4.69) is 26.0 Å². The molecule has 0 amide bonds. The average molecular weight is 260 g/mol. The van der Waals surface area contributed by atoms with Gasteiger partial charge < -0.3 is 0 Å². The number of hydrogen-bond donors (Lipinski definition) is 0. The molecule has 1 unspecified atom stereocenters. The summed E-state index contributed by atoms with van der Waals surface area (Å²) >= 11 is 3.36. The van der Waals surface area contributed by atoms with Gasteiger partial charge in [0.1, 0.15) is 12.7 Å². The summed E-state index contributed by atoms with van der Waals surface area (Å²) in [7, 11) is 0. The van der Waals surface area contributed by atoms with Crippen LogP contribution in [0.2, 0.25) is 0 Å². The van der Waals surface area contributed by atoms with E-state index in [0.717, 1.165) is 0 Å². The van der Waals surface area contributed by atoms with Crippen molar-refractivity contribution < 1.29 is 4.79 Å². The summed E-state index contributed by atoms with van der Waals surface area (Å²) in [5.74, 6) is 0.174. The summed E-state index contributed by atoms with van der Waals surface area (Å²) < 4.78 is 1.64. The molecule has 1 heterocycles. The lowest BCUT2D eigenvalue weighted by molar-refractivity contribution is -0.125. The monoisotopic (exact) mass is 259 g/mol. The van der Waals surface area contributed by atoms with E-state index < -0.39 is 0 Å². The Bertz CT molecular complexity index is 302. The third-order valence-corrected chi connectivity index (χ3v) is 2.54. The summed E-state index contributed by atoms with van der Waals surface area (Å²) in [4.78, 5) is 15.4. The molecular weight excluding hydrogens is 246 g/mol. The van der Waals surface area contributed by atoms with Crippen LogP contribution in [0.1, 0.15) is 20.8 Å². The predicted molar refractivity (Wildman–Crippen MR) is 57.2 cm³/mol. The van der Waals surface area contributed by atoms with E-state index in [9.17, 15) is 4.79 Å². The SMILES string of the molecule is CC(C)(C)C(=O)C(Br)Cn1cncn1. The molecule has 0 spiro atoms. The first-order chi connectivity index (χ1) is 6.41. The first-order valence-corrected chi connectivity index (χ1v) is 5.33. The maximum Gasteiger partial charge on any atom is 0.153 e. The maximum atomic E-state index is 11.8. The smallest absolute Gasteiger partial charge is 0.153 e. The summed E-state index contributed by atoms with van der Waals surface area (Å²) in [5, 5.41) is 3.94. The molecule has 0 aliphatic carbocycles. The summed E-state index contributed by atoms with van der Waals surface area (Å²) in [6, 6.07) is 0. The third kappa shape index (κ3) is 2.90. The molecule has 0 saturated heterocycles. The number of rotatable bonds is 3. The van der Waals surface area contributed by atoms with E-state index in [0.29, 0.717) is 6.54 Å². The van der Waals surface area contributed by atoms with E-state index in [4.69, 9.17) is 0 Å². The predicted octanol–water partition coefficient (Wildman–Crippen LogP) is 1.66. The highest BCUT2D eigenvalue weighted by molar-refractivity contribution is 9.10. The van der Waals surface area contributed by atoms with Gasteiger partial charge in [-0.25, -0.2) is 4.98 Å². The van der Waals surface area contributed by atoms with Crippen LogP contribution in [0.25, 0.3) is 0 Å². The molecule has 0 fully saturated rings. The van der Waals surface area contributed by atoms with Crippen LogP contribution in [0.3, 0.4) is 0 Å². The van der Waals surface area contributed by atoms with Crippen molar-refractivity contribution in [1.29, 1.82) is 0 Å². The molecule has 1 atom stereocenters. The summed E-state index contributed by atoms with van der Waals surface area (Å²) in [5.41, 5.74) is -0.325. The van der Waals surface area contributed by atoms with Crippen molar-refractivity contribution in [3.05, 3.63) is 12.7 Å². The highest BCUT2D eigenvalue weighted by Crippen LogP contribution is 2.21. The molecule has 0 radical (unpaired) electrons. The van der Waals surface area contributed by atoms with Gasteiger partial charge >= 0.3 is 0 Å². The van der Waals surface area contributed by atoms with Crippen LogP contribution in [0.4, 0.5) is 0 Å². The first-order valence-electron chi connectivity index (χ1n) is 4.42. The van der Waals surface area contributed by atoms with E-state index in [1.165, 1.54) is 6.33 Å². The number of nitrogens with zero attached hydrogens (tertiary/aromatic N) is 3. The minimum Gasteiger partial charge on any atom is -0.298 e. The average Bonchev–Trinajstić information content (AvgIpc) is 2.53. The Hall–Kier alpha value is -0.710. The van der Waals surface area contributed by atoms with Gasteiger partial charge in [-0.2, -0.15) is 5.10 Å². The van der Waals surface area contributed by atoms with E-state index in [1.807, 2.05) is 20.8 Å². The molecule has 5 heteroatoms. The number of carbonyl (C=O) groups excluding carboxylic acids is 1. The number of alkyl halides is 1. The second kappa shape index (κ2) is 4.21. The van der Waals surface area contributed by atoms with Crippen molar-refractivity contribution in [3.8, 4) is 0 Å². The summed E-state index contributed by atoms with van der Waals surface area (Å²) in [6.45, 7) is 6.25. The lowest BCUT2D eigenvalue weighted by Gasteiger charge is -2.20. The van der Waals surface area contributed by atoms with Crippen molar-refractivity contribution in [2.24, 2.45) is 5.41 Å². The van der Waals surface area contributed by atoms with Crippen molar-refractivity contribution in [2.45, 2.75) is 32.1 Å². The molecule has 1 rings (SSSR count). The second-order valence-corrected chi connectivity index (χ2v) is 5.30. The van der Waals surface area contributed by atoms with E-state index in [1.54, 1.807) is 11.0 Å². The van der Waals surface area contributed by atoms with Gasteiger partial charge in [0.15, 0.2) is 5.78 Å². The zero-order valence-electron chi connectivity index (χ0n) is 8.57. The van der Waals surface area contributed by atoms with Crippen LogP contribution in [0.5, 0.6) is 0 Å². The molecule has 14 heavy (non-hydrogen) atoms. The second-order valence-electron chi connectivity index (χ2n) is 4.20. The molecule has 0 N–H and O–H groups in total. The van der Waals surface area contributed by atoms with Crippen molar-refractivity contribution in [2.75, 3.05) is 0 Å². The Balaban J connectivity index is 2.59.